The number of aliphatic carboxylic acids is 1. The van der Waals surface area contributed by atoms with Gasteiger partial charge in [0.05, 0.1) is 28.7 Å². The Morgan fingerprint density at radius 2 is 1.94 bits per heavy atom. The number of carbonyl (C=O) groups excluding carboxylic acids is 2. The van der Waals surface area contributed by atoms with Gasteiger partial charge in [-0.15, -0.1) is 0 Å². The van der Waals surface area contributed by atoms with Crippen LogP contribution in [0.4, 0.5) is 18.0 Å². The SMILES string of the molecule is O=C(O)/C=C/CN1C(=O)S/C(=C\c2ccc3c(cnn3Cc3ccc(Cl)cc3C(F)(F)F)c2)C1=O. The van der Waals surface area contributed by atoms with Gasteiger partial charge in [0.1, 0.15) is 0 Å². The van der Waals surface area contributed by atoms with Crippen LogP contribution in [0.1, 0.15) is 16.7 Å². The molecular weight excluding hydrogens is 507 g/mol. The Labute approximate surface area is 205 Å². The number of aromatic nitrogens is 2. The molecule has 2 aromatic carbocycles. The fourth-order valence-corrected chi connectivity index (χ4v) is 4.52. The predicted octanol–water partition coefficient (Wildman–Crippen LogP) is 5.43. The number of halogens is 4. The number of carbonyl (C=O) groups is 3. The van der Waals surface area contributed by atoms with Crippen LogP contribution in [0.5, 0.6) is 0 Å². The highest BCUT2D eigenvalue weighted by atomic mass is 35.5. The highest BCUT2D eigenvalue weighted by Crippen LogP contribution is 2.35. The second-order valence-corrected chi connectivity index (χ2v) is 8.88. The summed E-state index contributed by atoms with van der Waals surface area (Å²) in [5, 5.41) is 12.9. The lowest BCUT2D eigenvalue weighted by atomic mass is 10.1. The van der Waals surface area contributed by atoms with Gasteiger partial charge in [0.25, 0.3) is 11.1 Å². The summed E-state index contributed by atoms with van der Waals surface area (Å²) in [7, 11) is 0. The van der Waals surface area contributed by atoms with E-state index in [-0.39, 0.29) is 28.6 Å². The van der Waals surface area contributed by atoms with Crippen molar-refractivity contribution >= 4 is 57.5 Å². The number of alkyl halides is 3. The van der Waals surface area contributed by atoms with E-state index in [9.17, 15) is 27.6 Å². The molecule has 180 valence electrons. The summed E-state index contributed by atoms with van der Waals surface area (Å²) in [5.74, 6) is -1.74. The number of carboxylic acids is 1. The van der Waals surface area contributed by atoms with Gasteiger partial charge in [0.15, 0.2) is 0 Å². The van der Waals surface area contributed by atoms with E-state index in [2.05, 4.69) is 5.10 Å². The van der Waals surface area contributed by atoms with E-state index in [0.717, 1.165) is 28.8 Å². The van der Waals surface area contributed by atoms with E-state index < -0.39 is 28.9 Å². The van der Waals surface area contributed by atoms with Crippen molar-refractivity contribution in [2.75, 3.05) is 6.54 Å². The minimum absolute atomic E-state index is 0.0154. The number of benzene rings is 2. The number of carboxylic acid groups (broad SMARTS) is 1. The Balaban J connectivity index is 1.57. The van der Waals surface area contributed by atoms with Crippen molar-refractivity contribution in [3.63, 3.8) is 0 Å². The zero-order valence-corrected chi connectivity index (χ0v) is 19.2. The Kier molecular flexibility index (Phi) is 6.73. The van der Waals surface area contributed by atoms with E-state index in [1.807, 2.05) is 0 Å². The van der Waals surface area contributed by atoms with E-state index in [4.69, 9.17) is 16.7 Å². The van der Waals surface area contributed by atoms with E-state index >= 15 is 0 Å². The molecule has 0 spiro atoms. The van der Waals surface area contributed by atoms with Crippen LogP contribution in [0, 0.1) is 0 Å². The third-order valence-electron chi connectivity index (χ3n) is 5.08. The van der Waals surface area contributed by atoms with Gasteiger partial charge in [-0.3, -0.25) is 19.2 Å². The number of thioether (sulfide) groups is 1. The smallest absolute Gasteiger partial charge is 0.416 e. The Bertz CT molecular complexity index is 1410. The number of hydrogen-bond acceptors (Lipinski definition) is 5. The summed E-state index contributed by atoms with van der Waals surface area (Å²) in [5.41, 5.74) is 0.351. The maximum absolute atomic E-state index is 13.4. The second kappa shape index (κ2) is 9.59. The quantitative estimate of drug-likeness (QED) is 0.435. The van der Waals surface area contributed by atoms with Gasteiger partial charge in [-0.1, -0.05) is 29.8 Å². The van der Waals surface area contributed by atoms with Crippen molar-refractivity contribution in [2.24, 2.45) is 0 Å². The Morgan fingerprint density at radius 1 is 1.17 bits per heavy atom. The lowest BCUT2D eigenvalue weighted by Crippen LogP contribution is -2.28. The monoisotopic (exact) mass is 521 g/mol. The molecule has 0 radical (unpaired) electrons. The third-order valence-corrected chi connectivity index (χ3v) is 6.23. The Hall–Kier alpha value is -3.57. The van der Waals surface area contributed by atoms with Crippen LogP contribution >= 0.6 is 23.4 Å². The van der Waals surface area contributed by atoms with Crippen molar-refractivity contribution in [3.05, 3.63) is 81.4 Å². The maximum atomic E-state index is 13.4. The molecule has 0 bridgehead atoms. The summed E-state index contributed by atoms with van der Waals surface area (Å²) in [6.07, 6.45) is 0.498. The first-order valence-corrected chi connectivity index (χ1v) is 11.2. The zero-order chi connectivity index (χ0) is 25.3. The number of amides is 2. The molecule has 1 fully saturated rings. The van der Waals surface area contributed by atoms with Crippen LogP contribution in [-0.2, 0) is 22.3 Å². The molecule has 4 rings (SSSR count). The summed E-state index contributed by atoms with van der Waals surface area (Å²) in [6.45, 7) is -0.289. The van der Waals surface area contributed by atoms with Crippen LogP contribution in [0.3, 0.4) is 0 Å². The molecule has 1 aromatic heterocycles. The first-order chi connectivity index (χ1) is 16.5. The molecule has 1 N–H and O–H groups in total. The normalized spacial score (nSPS) is 15.8. The van der Waals surface area contributed by atoms with E-state index in [1.165, 1.54) is 35.2 Å². The van der Waals surface area contributed by atoms with Crippen molar-refractivity contribution < 1.29 is 32.7 Å². The summed E-state index contributed by atoms with van der Waals surface area (Å²) in [4.78, 5) is 36.3. The average molecular weight is 522 g/mol. The first kappa shape index (κ1) is 24.6. The molecule has 1 aliphatic heterocycles. The number of nitrogens with zero attached hydrogens (tertiary/aromatic N) is 3. The van der Waals surface area contributed by atoms with Crippen molar-refractivity contribution in [3.8, 4) is 0 Å². The van der Waals surface area contributed by atoms with Crippen molar-refractivity contribution in [1.29, 1.82) is 0 Å². The van der Waals surface area contributed by atoms with Crippen LogP contribution < -0.4 is 0 Å². The van der Waals surface area contributed by atoms with Crippen LogP contribution in [0.25, 0.3) is 17.0 Å². The number of rotatable bonds is 6. The minimum Gasteiger partial charge on any atom is -0.478 e. The molecule has 2 amide bonds. The van der Waals surface area contributed by atoms with Crippen LogP contribution in [0.2, 0.25) is 5.02 Å². The first-order valence-electron chi connectivity index (χ1n) is 9.99. The van der Waals surface area contributed by atoms with Gasteiger partial charge in [0, 0.05) is 23.0 Å². The molecule has 1 aliphatic rings. The largest absolute Gasteiger partial charge is 0.478 e. The third kappa shape index (κ3) is 5.41. The summed E-state index contributed by atoms with van der Waals surface area (Å²) >= 11 is 6.48. The highest BCUT2D eigenvalue weighted by Gasteiger charge is 2.35. The number of fused-ring (bicyclic) bond motifs is 1. The molecule has 2 heterocycles. The number of hydrogen-bond donors (Lipinski definition) is 1. The molecule has 0 aliphatic carbocycles. The molecule has 0 unspecified atom stereocenters. The maximum Gasteiger partial charge on any atom is 0.416 e. The summed E-state index contributed by atoms with van der Waals surface area (Å²) in [6, 6.07) is 8.60. The van der Waals surface area contributed by atoms with Crippen molar-refractivity contribution in [2.45, 2.75) is 12.7 Å². The fourth-order valence-electron chi connectivity index (χ4n) is 3.50. The molecule has 0 atom stereocenters. The molecule has 12 heteroatoms. The van der Waals surface area contributed by atoms with Crippen molar-refractivity contribution in [1.82, 2.24) is 14.7 Å². The molecular formula is C23H15ClF3N3O4S. The second-order valence-electron chi connectivity index (χ2n) is 7.45. The topological polar surface area (TPSA) is 92.5 Å². The van der Waals surface area contributed by atoms with Gasteiger partial charge in [-0.05, 0) is 53.2 Å². The fraction of sp³-hybridized carbons (Fsp3) is 0.130. The molecule has 1 saturated heterocycles. The molecule has 0 saturated carbocycles. The number of imide groups is 1. The van der Waals surface area contributed by atoms with Gasteiger partial charge >= 0.3 is 12.1 Å². The predicted molar refractivity (Wildman–Crippen MR) is 125 cm³/mol. The lowest BCUT2D eigenvalue weighted by molar-refractivity contribution is -0.138. The highest BCUT2D eigenvalue weighted by molar-refractivity contribution is 8.18. The van der Waals surface area contributed by atoms with E-state index in [0.29, 0.717) is 16.5 Å². The Morgan fingerprint density at radius 3 is 2.66 bits per heavy atom. The lowest BCUT2D eigenvalue weighted by Gasteiger charge is -2.14. The van der Waals surface area contributed by atoms with Gasteiger partial charge < -0.3 is 5.11 Å². The average Bonchev–Trinajstić information content (AvgIpc) is 3.29. The van der Waals surface area contributed by atoms with Crippen LogP contribution in [-0.4, -0.2) is 43.4 Å². The van der Waals surface area contributed by atoms with Crippen LogP contribution in [0.15, 0.2) is 59.7 Å². The van der Waals surface area contributed by atoms with Gasteiger partial charge in [0.2, 0.25) is 0 Å². The van der Waals surface area contributed by atoms with Gasteiger partial charge in [-0.25, -0.2) is 4.79 Å². The molecule has 3 aromatic rings. The molecule has 35 heavy (non-hydrogen) atoms. The van der Waals surface area contributed by atoms with Gasteiger partial charge in [-0.2, -0.15) is 18.3 Å². The molecule has 7 nitrogen and oxygen atoms in total. The zero-order valence-electron chi connectivity index (χ0n) is 17.6. The summed E-state index contributed by atoms with van der Waals surface area (Å²) < 4.78 is 41.7. The standard InChI is InChI=1S/C23H15ClF3N3O4S/c24-16-5-4-14(17(10-16)23(25,26)27)12-30-18-6-3-13(8-15(18)11-28-30)9-19-21(33)29(22(34)35-19)7-1-2-20(31)32/h1-6,8-11H,7,12H2,(H,31,32)/b2-1+,19-9-. The minimum atomic E-state index is -4.57. The van der Waals surface area contributed by atoms with E-state index in [1.54, 1.807) is 18.2 Å².